The second-order valence-corrected chi connectivity index (χ2v) is 8.65. The fourth-order valence-electron chi connectivity index (χ4n) is 3.92. The first-order valence-corrected chi connectivity index (χ1v) is 11.5. The highest BCUT2D eigenvalue weighted by atomic mass is 32.1. The smallest absolute Gasteiger partial charge is 0.307 e. The monoisotopic (exact) mass is 478 g/mol. The van der Waals surface area contributed by atoms with E-state index in [0.29, 0.717) is 47.4 Å². The molecule has 0 atom stereocenters. The van der Waals surface area contributed by atoms with Crippen molar-refractivity contribution in [2.45, 2.75) is 13.0 Å². The van der Waals surface area contributed by atoms with Crippen LogP contribution in [-0.4, -0.2) is 43.9 Å². The van der Waals surface area contributed by atoms with E-state index in [-0.39, 0.29) is 12.4 Å². The third-order valence-electron chi connectivity index (χ3n) is 5.61. The molecule has 1 aliphatic rings. The zero-order valence-electron chi connectivity index (χ0n) is 18.7. The third-order valence-corrected chi connectivity index (χ3v) is 6.65. The van der Waals surface area contributed by atoms with Gasteiger partial charge in [0.2, 0.25) is 0 Å². The Morgan fingerprint density at radius 3 is 2.44 bits per heavy atom. The van der Waals surface area contributed by atoms with E-state index in [9.17, 15) is 9.59 Å². The molecule has 2 heterocycles. The maximum Gasteiger partial charge on any atom is 0.307 e. The Morgan fingerprint density at radius 2 is 1.74 bits per heavy atom. The number of esters is 1. The largest absolute Gasteiger partial charge is 0.496 e. The van der Waals surface area contributed by atoms with Gasteiger partial charge in [-0.2, -0.15) is 4.99 Å². The van der Waals surface area contributed by atoms with Crippen LogP contribution in [0.1, 0.15) is 16.8 Å². The number of thiazole rings is 1. The molecule has 0 aliphatic carbocycles. The Morgan fingerprint density at radius 1 is 1.03 bits per heavy atom. The molecule has 3 aromatic carbocycles. The normalized spacial score (nSPS) is 13.3. The molecule has 1 aromatic heterocycles. The van der Waals surface area contributed by atoms with Gasteiger partial charge < -0.3 is 23.5 Å². The number of hydrogen-bond acceptors (Lipinski definition) is 7. The molecule has 0 radical (unpaired) electrons. The van der Waals surface area contributed by atoms with E-state index < -0.39 is 5.91 Å². The molecule has 0 saturated carbocycles. The number of benzene rings is 3. The minimum Gasteiger partial charge on any atom is -0.496 e. The summed E-state index contributed by atoms with van der Waals surface area (Å²) in [6.07, 6.45) is 0.136. The van der Waals surface area contributed by atoms with Crippen molar-refractivity contribution in [3.05, 3.63) is 58.9 Å². The molecular weight excluding hydrogens is 456 g/mol. The van der Waals surface area contributed by atoms with Crippen molar-refractivity contribution < 1.29 is 28.5 Å². The maximum atomic E-state index is 13.3. The number of rotatable bonds is 5. The van der Waals surface area contributed by atoms with Gasteiger partial charge in [0.25, 0.3) is 5.91 Å². The summed E-state index contributed by atoms with van der Waals surface area (Å²) in [6, 6.07) is 15.1. The van der Waals surface area contributed by atoms with Gasteiger partial charge in [0.1, 0.15) is 19.0 Å². The van der Waals surface area contributed by atoms with Crippen LogP contribution in [0.5, 0.6) is 17.2 Å². The lowest BCUT2D eigenvalue weighted by Crippen LogP contribution is -2.20. The number of ether oxygens (including phenoxy) is 4. The molecule has 1 amide bonds. The summed E-state index contributed by atoms with van der Waals surface area (Å²) in [5, 5.41) is 1.88. The van der Waals surface area contributed by atoms with E-state index in [1.165, 1.54) is 25.6 Å². The molecule has 8 nitrogen and oxygen atoms in total. The molecule has 0 spiro atoms. The molecule has 34 heavy (non-hydrogen) atoms. The number of aromatic nitrogens is 1. The standard InChI is InChI=1S/C25H22N2O6S/c1-30-19-12-16-6-4-3-5-15(16)11-17(19)24(29)26-25-27(8-7-23(28)31-2)18-13-20-21(14-22(18)34-25)33-10-9-32-20/h3-6,11-14H,7-10H2,1-2H3. The molecule has 0 saturated heterocycles. The van der Waals surface area contributed by atoms with E-state index in [1.54, 1.807) is 6.07 Å². The fraction of sp³-hybridized carbons (Fsp3) is 0.240. The van der Waals surface area contributed by atoms with Crippen LogP contribution in [0, 0.1) is 0 Å². The number of carbonyl (C=O) groups excluding carboxylic acids is 2. The zero-order chi connectivity index (χ0) is 23.7. The summed E-state index contributed by atoms with van der Waals surface area (Å²) < 4.78 is 24.4. The van der Waals surface area contributed by atoms with Gasteiger partial charge in [0.15, 0.2) is 16.3 Å². The van der Waals surface area contributed by atoms with Crippen molar-refractivity contribution >= 4 is 44.2 Å². The van der Waals surface area contributed by atoms with E-state index >= 15 is 0 Å². The molecular formula is C25H22N2O6S. The zero-order valence-corrected chi connectivity index (χ0v) is 19.5. The molecule has 0 bridgehead atoms. The van der Waals surface area contributed by atoms with Crippen LogP contribution < -0.4 is 19.0 Å². The Balaban J connectivity index is 1.64. The van der Waals surface area contributed by atoms with E-state index in [0.717, 1.165) is 21.0 Å². The molecule has 174 valence electrons. The first-order valence-electron chi connectivity index (χ1n) is 10.7. The van der Waals surface area contributed by atoms with Crippen molar-refractivity contribution in [3.8, 4) is 17.2 Å². The van der Waals surface area contributed by atoms with Crippen LogP contribution in [0.3, 0.4) is 0 Å². The predicted molar refractivity (Wildman–Crippen MR) is 128 cm³/mol. The Labute approximate surface area is 199 Å². The molecule has 4 aromatic rings. The number of aryl methyl sites for hydroxylation is 1. The fourth-order valence-corrected chi connectivity index (χ4v) is 4.98. The van der Waals surface area contributed by atoms with Crippen molar-refractivity contribution in [1.29, 1.82) is 0 Å². The second-order valence-electron chi connectivity index (χ2n) is 7.64. The Kier molecular flexibility index (Phi) is 5.93. The maximum absolute atomic E-state index is 13.3. The lowest BCUT2D eigenvalue weighted by atomic mass is 10.1. The van der Waals surface area contributed by atoms with Crippen LogP contribution in [0.25, 0.3) is 21.0 Å². The Hall–Kier alpha value is -3.85. The van der Waals surface area contributed by atoms with Gasteiger partial charge >= 0.3 is 5.97 Å². The predicted octanol–water partition coefficient (Wildman–Crippen LogP) is 3.94. The van der Waals surface area contributed by atoms with Gasteiger partial charge in [-0.3, -0.25) is 9.59 Å². The minimum atomic E-state index is -0.432. The summed E-state index contributed by atoms with van der Waals surface area (Å²) in [5.41, 5.74) is 1.17. The number of carbonyl (C=O) groups is 2. The number of methoxy groups -OCH3 is 2. The van der Waals surface area contributed by atoms with Gasteiger partial charge in [-0.1, -0.05) is 35.6 Å². The SMILES string of the molecule is COC(=O)CCn1c(=NC(=O)c2cc3ccccc3cc2OC)sc2cc3c(cc21)OCCO3. The van der Waals surface area contributed by atoms with Crippen molar-refractivity contribution in [3.63, 3.8) is 0 Å². The summed E-state index contributed by atoms with van der Waals surface area (Å²) in [6.45, 7) is 1.24. The van der Waals surface area contributed by atoms with Crippen molar-refractivity contribution in [1.82, 2.24) is 4.57 Å². The number of fused-ring (bicyclic) bond motifs is 3. The van der Waals surface area contributed by atoms with Gasteiger partial charge in [-0.05, 0) is 22.9 Å². The van der Waals surface area contributed by atoms with E-state index in [4.69, 9.17) is 18.9 Å². The van der Waals surface area contributed by atoms with Crippen LogP contribution in [0.4, 0.5) is 0 Å². The van der Waals surface area contributed by atoms with E-state index in [2.05, 4.69) is 4.99 Å². The van der Waals surface area contributed by atoms with E-state index in [1.807, 2.05) is 47.0 Å². The molecule has 9 heteroatoms. The molecule has 0 unspecified atom stereocenters. The highest BCUT2D eigenvalue weighted by Crippen LogP contribution is 2.36. The average Bonchev–Trinajstić information content (AvgIpc) is 3.20. The van der Waals surface area contributed by atoms with Gasteiger partial charge in [-0.25, -0.2) is 0 Å². The molecule has 0 fully saturated rings. The molecule has 0 N–H and O–H groups in total. The van der Waals surface area contributed by atoms with Crippen LogP contribution in [0.15, 0.2) is 53.5 Å². The highest BCUT2D eigenvalue weighted by Gasteiger charge is 2.19. The van der Waals surface area contributed by atoms with Crippen LogP contribution in [-0.2, 0) is 16.1 Å². The number of amides is 1. The first kappa shape index (κ1) is 22.0. The van der Waals surface area contributed by atoms with Gasteiger partial charge in [0, 0.05) is 18.7 Å². The quantitative estimate of drug-likeness (QED) is 0.404. The van der Waals surface area contributed by atoms with Crippen molar-refractivity contribution in [2.24, 2.45) is 4.99 Å². The average molecular weight is 479 g/mol. The minimum absolute atomic E-state index is 0.136. The molecule has 5 rings (SSSR count). The van der Waals surface area contributed by atoms with Crippen LogP contribution >= 0.6 is 11.3 Å². The van der Waals surface area contributed by atoms with Gasteiger partial charge in [0.05, 0.1) is 36.4 Å². The summed E-state index contributed by atoms with van der Waals surface area (Å²) in [5.74, 6) is 0.940. The van der Waals surface area contributed by atoms with Crippen molar-refractivity contribution in [2.75, 3.05) is 27.4 Å². The summed E-state index contributed by atoms with van der Waals surface area (Å²) >= 11 is 1.34. The summed E-state index contributed by atoms with van der Waals surface area (Å²) in [4.78, 5) is 30.1. The number of hydrogen-bond donors (Lipinski definition) is 0. The second kappa shape index (κ2) is 9.18. The Bertz CT molecular complexity index is 1490. The molecule has 1 aliphatic heterocycles. The topological polar surface area (TPSA) is 88.4 Å². The third kappa shape index (κ3) is 4.10. The lowest BCUT2D eigenvalue weighted by Gasteiger charge is -2.18. The summed E-state index contributed by atoms with van der Waals surface area (Å²) in [7, 11) is 2.88. The highest BCUT2D eigenvalue weighted by molar-refractivity contribution is 7.16. The first-order chi connectivity index (χ1) is 16.6. The number of nitrogens with zero attached hydrogens (tertiary/aromatic N) is 2. The van der Waals surface area contributed by atoms with Crippen LogP contribution in [0.2, 0.25) is 0 Å². The van der Waals surface area contributed by atoms with Gasteiger partial charge in [-0.15, -0.1) is 0 Å². The lowest BCUT2D eigenvalue weighted by molar-refractivity contribution is -0.140.